The second-order valence-electron chi connectivity index (χ2n) is 7.26. The number of nitrogens with zero attached hydrogens (tertiary/aromatic N) is 1. The molecular weight excluding hydrogens is 252 g/mol. The van der Waals surface area contributed by atoms with E-state index in [-0.39, 0.29) is 23.9 Å². The van der Waals surface area contributed by atoms with Crippen molar-refractivity contribution < 1.29 is 9.59 Å². The number of hydrogen-bond acceptors (Lipinski definition) is 2. The summed E-state index contributed by atoms with van der Waals surface area (Å²) in [6.45, 7) is 9.92. The summed E-state index contributed by atoms with van der Waals surface area (Å²) in [5.41, 5.74) is -0.775. The van der Waals surface area contributed by atoms with Crippen LogP contribution in [0.3, 0.4) is 0 Å². The molecule has 1 heterocycles. The minimum atomic E-state index is -0.775. The summed E-state index contributed by atoms with van der Waals surface area (Å²) >= 11 is 0. The lowest BCUT2D eigenvalue weighted by atomic mass is 9.75. The van der Waals surface area contributed by atoms with Crippen molar-refractivity contribution in [1.29, 1.82) is 0 Å². The van der Waals surface area contributed by atoms with Crippen LogP contribution < -0.4 is 5.32 Å². The third-order valence-electron chi connectivity index (χ3n) is 5.00. The van der Waals surface area contributed by atoms with Crippen LogP contribution in [-0.4, -0.2) is 34.3 Å². The normalized spacial score (nSPS) is 34.3. The molecule has 1 aliphatic heterocycles. The molecule has 1 saturated carbocycles. The fourth-order valence-electron chi connectivity index (χ4n) is 3.79. The number of carbonyl (C=O) groups is 2. The Kier molecular flexibility index (Phi) is 4.12. The van der Waals surface area contributed by atoms with E-state index in [2.05, 4.69) is 19.2 Å². The average molecular weight is 280 g/mol. The minimum Gasteiger partial charge on any atom is -0.340 e. The van der Waals surface area contributed by atoms with Gasteiger partial charge in [0.05, 0.1) is 0 Å². The summed E-state index contributed by atoms with van der Waals surface area (Å²) < 4.78 is 0. The summed E-state index contributed by atoms with van der Waals surface area (Å²) in [6, 6.07) is -0.128. The Morgan fingerprint density at radius 1 is 1.20 bits per heavy atom. The number of amides is 2. The second-order valence-corrected chi connectivity index (χ2v) is 7.26. The molecule has 1 saturated heterocycles. The van der Waals surface area contributed by atoms with Crippen molar-refractivity contribution in [2.45, 2.75) is 77.9 Å². The van der Waals surface area contributed by atoms with Gasteiger partial charge in [-0.2, -0.15) is 0 Å². The Morgan fingerprint density at radius 3 is 2.40 bits per heavy atom. The first kappa shape index (κ1) is 15.3. The predicted octanol–water partition coefficient (Wildman–Crippen LogP) is 2.33. The van der Waals surface area contributed by atoms with Gasteiger partial charge in [0, 0.05) is 6.04 Å². The molecular formula is C16H28N2O2. The van der Waals surface area contributed by atoms with Crippen LogP contribution in [-0.2, 0) is 9.59 Å². The fourth-order valence-corrected chi connectivity index (χ4v) is 3.79. The topological polar surface area (TPSA) is 49.4 Å². The maximum absolute atomic E-state index is 12.8. The Bertz CT molecular complexity index is 403. The van der Waals surface area contributed by atoms with Crippen molar-refractivity contribution in [3.05, 3.63) is 0 Å². The van der Waals surface area contributed by atoms with Crippen LogP contribution in [0.2, 0.25) is 0 Å². The molecule has 0 aromatic carbocycles. The SMILES string of the molecule is CC(C)C1CCCCC1N1C(=O)C(C)(C)NC(=O)C1C. The van der Waals surface area contributed by atoms with E-state index >= 15 is 0 Å². The van der Waals surface area contributed by atoms with Crippen molar-refractivity contribution >= 4 is 11.8 Å². The van der Waals surface area contributed by atoms with Gasteiger partial charge in [-0.1, -0.05) is 26.7 Å². The lowest BCUT2D eigenvalue weighted by Crippen LogP contribution is -2.70. The highest BCUT2D eigenvalue weighted by atomic mass is 16.2. The number of hydrogen-bond donors (Lipinski definition) is 1. The molecule has 0 spiro atoms. The summed E-state index contributed by atoms with van der Waals surface area (Å²) in [4.78, 5) is 26.9. The van der Waals surface area contributed by atoms with Gasteiger partial charge in [0.15, 0.2) is 0 Å². The van der Waals surface area contributed by atoms with E-state index in [0.29, 0.717) is 11.8 Å². The largest absolute Gasteiger partial charge is 0.340 e. The highest BCUT2D eigenvalue weighted by Crippen LogP contribution is 2.36. The van der Waals surface area contributed by atoms with E-state index in [4.69, 9.17) is 0 Å². The zero-order valence-electron chi connectivity index (χ0n) is 13.4. The van der Waals surface area contributed by atoms with Crippen LogP contribution in [0.1, 0.15) is 60.3 Å². The molecule has 3 unspecified atom stereocenters. The quantitative estimate of drug-likeness (QED) is 0.844. The lowest BCUT2D eigenvalue weighted by Gasteiger charge is -2.49. The van der Waals surface area contributed by atoms with E-state index in [0.717, 1.165) is 12.8 Å². The predicted molar refractivity (Wildman–Crippen MR) is 79.1 cm³/mol. The summed E-state index contributed by atoms with van der Waals surface area (Å²) in [7, 11) is 0. The molecule has 0 radical (unpaired) electrons. The van der Waals surface area contributed by atoms with Crippen LogP contribution in [0, 0.1) is 11.8 Å². The molecule has 0 aromatic heterocycles. The van der Waals surface area contributed by atoms with Gasteiger partial charge in [-0.05, 0) is 45.4 Å². The third-order valence-corrected chi connectivity index (χ3v) is 5.00. The molecule has 0 aromatic rings. The number of nitrogens with one attached hydrogen (secondary N) is 1. The average Bonchev–Trinajstić information content (AvgIpc) is 2.37. The molecule has 1 aliphatic carbocycles. The number of piperazine rings is 1. The van der Waals surface area contributed by atoms with Crippen LogP contribution >= 0.6 is 0 Å². The van der Waals surface area contributed by atoms with Crippen molar-refractivity contribution in [2.24, 2.45) is 11.8 Å². The van der Waals surface area contributed by atoms with Gasteiger partial charge < -0.3 is 10.2 Å². The van der Waals surface area contributed by atoms with Gasteiger partial charge in [-0.25, -0.2) is 0 Å². The van der Waals surface area contributed by atoms with Gasteiger partial charge in [0.2, 0.25) is 11.8 Å². The second kappa shape index (κ2) is 5.38. The molecule has 2 fully saturated rings. The third kappa shape index (κ3) is 2.57. The number of carbonyl (C=O) groups excluding carboxylic acids is 2. The summed E-state index contributed by atoms with van der Waals surface area (Å²) in [5, 5.41) is 2.84. The van der Waals surface area contributed by atoms with E-state index in [9.17, 15) is 9.59 Å². The van der Waals surface area contributed by atoms with Crippen molar-refractivity contribution in [3.63, 3.8) is 0 Å². The number of rotatable bonds is 2. The molecule has 4 heteroatoms. The maximum atomic E-state index is 12.8. The lowest BCUT2D eigenvalue weighted by molar-refractivity contribution is -0.158. The molecule has 3 atom stereocenters. The summed E-state index contributed by atoms with van der Waals surface area (Å²) in [6.07, 6.45) is 4.60. The van der Waals surface area contributed by atoms with Gasteiger partial charge in [-0.15, -0.1) is 0 Å². The Balaban J connectivity index is 2.31. The zero-order chi connectivity index (χ0) is 15.1. The monoisotopic (exact) mass is 280 g/mol. The molecule has 20 heavy (non-hydrogen) atoms. The van der Waals surface area contributed by atoms with Crippen molar-refractivity contribution in [1.82, 2.24) is 10.2 Å². The van der Waals surface area contributed by atoms with Gasteiger partial charge in [0.1, 0.15) is 11.6 Å². The molecule has 2 rings (SSSR count). The first-order valence-electron chi connectivity index (χ1n) is 7.90. The van der Waals surface area contributed by atoms with Gasteiger partial charge in [-0.3, -0.25) is 9.59 Å². The first-order chi connectivity index (χ1) is 9.25. The van der Waals surface area contributed by atoms with E-state index in [1.807, 2.05) is 11.8 Å². The van der Waals surface area contributed by atoms with Crippen LogP contribution in [0.4, 0.5) is 0 Å². The highest BCUT2D eigenvalue weighted by Gasteiger charge is 2.48. The van der Waals surface area contributed by atoms with Crippen LogP contribution in [0.5, 0.6) is 0 Å². The van der Waals surface area contributed by atoms with Crippen molar-refractivity contribution in [2.75, 3.05) is 0 Å². The Morgan fingerprint density at radius 2 is 1.80 bits per heavy atom. The molecule has 1 N–H and O–H groups in total. The van der Waals surface area contributed by atoms with Crippen LogP contribution in [0.15, 0.2) is 0 Å². The minimum absolute atomic E-state index is 0.0253. The Labute approximate surface area is 122 Å². The fraction of sp³-hybridized carbons (Fsp3) is 0.875. The Hall–Kier alpha value is -1.06. The van der Waals surface area contributed by atoms with E-state index < -0.39 is 5.54 Å². The van der Waals surface area contributed by atoms with E-state index in [1.54, 1.807) is 13.8 Å². The van der Waals surface area contributed by atoms with E-state index in [1.165, 1.54) is 12.8 Å². The van der Waals surface area contributed by atoms with Gasteiger partial charge in [0.25, 0.3) is 0 Å². The zero-order valence-corrected chi connectivity index (χ0v) is 13.4. The highest BCUT2D eigenvalue weighted by molar-refractivity contribution is 5.99. The molecule has 114 valence electrons. The smallest absolute Gasteiger partial charge is 0.248 e. The standard InChI is InChI=1S/C16H28N2O2/c1-10(2)12-8-6-7-9-13(12)18-11(3)14(19)17-16(4,5)15(18)20/h10-13H,6-9H2,1-5H3,(H,17,19). The maximum Gasteiger partial charge on any atom is 0.248 e. The first-order valence-corrected chi connectivity index (χ1v) is 7.90. The summed E-state index contributed by atoms with van der Waals surface area (Å²) in [5.74, 6) is 1.11. The van der Waals surface area contributed by atoms with Crippen molar-refractivity contribution in [3.8, 4) is 0 Å². The molecule has 2 aliphatic rings. The van der Waals surface area contributed by atoms with Gasteiger partial charge >= 0.3 is 0 Å². The molecule has 2 amide bonds. The molecule has 0 bridgehead atoms. The molecule has 4 nitrogen and oxygen atoms in total. The van der Waals surface area contributed by atoms with Crippen LogP contribution in [0.25, 0.3) is 0 Å².